The molecule has 1 N–H and O–H groups in total. The Balaban J connectivity index is 1.51. The lowest BCUT2D eigenvalue weighted by molar-refractivity contribution is 0.102. The predicted octanol–water partition coefficient (Wildman–Crippen LogP) is 5.88. The molecule has 0 radical (unpaired) electrons. The monoisotopic (exact) mass is 339 g/mol. The third-order valence-electron chi connectivity index (χ3n) is 4.13. The van der Waals surface area contributed by atoms with E-state index in [1.165, 1.54) is 0 Å². The highest BCUT2D eigenvalue weighted by Crippen LogP contribution is 2.24. The molecule has 0 heterocycles. The van der Waals surface area contributed by atoms with Crippen molar-refractivity contribution in [1.82, 2.24) is 0 Å². The summed E-state index contributed by atoms with van der Waals surface area (Å²) in [5, 5.41) is 4.94. The van der Waals surface area contributed by atoms with E-state index < -0.39 is 0 Å². The quantitative estimate of drug-likeness (QED) is 0.504. The number of carbonyl (C=O) groups excluding carboxylic acids is 1. The average molecular weight is 339 g/mol. The molecule has 3 heteroatoms. The lowest BCUT2D eigenvalue weighted by Crippen LogP contribution is -2.12. The zero-order valence-corrected chi connectivity index (χ0v) is 14.1. The zero-order chi connectivity index (χ0) is 17.8. The maximum atomic E-state index is 12.7. The number of para-hydroxylation sites is 1. The summed E-state index contributed by atoms with van der Waals surface area (Å²) in [6.07, 6.45) is 0. The molecule has 1 amide bonds. The Morgan fingerprint density at radius 1 is 0.654 bits per heavy atom. The predicted molar refractivity (Wildman–Crippen MR) is 105 cm³/mol. The van der Waals surface area contributed by atoms with E-state index in [1.54, 1.807) is 0 Å². The van der Waals surface area contributed by atoms with E-state index in [-0.39, 0.29) is 5.91 Å². The van der Waals surface area contributed by atoms with Crippen LogP contribution in [0.3, 0.4) is 0 Å². The minimum atomic E-state index is -0.126. The van der Waals surface area contributed by atoms with Crippen LogP contribution >= 0.6 is 0 Å². The lowest BCUT2D eigenvalue weighted by Gasteiger charge is -2.09. The van der Waals surface area contributed by atoms with E-state index in [1.807, 2.05) is 97.1 Å². The van der Waals surface area contributed by atoms with Crippen molar-refractivity contribution in [1.29, 1.82) is 0 Å². The van der Waals surface area contributed by atoms with Crippen LogP contribution in [0, 0.1) is 0 Å². The van der Waals surface area contributed by atoms with Gasteiger partial charge in [0.15, 0.2) is 0 Å². The van der Waals surface area contributed by atoms with Gasteiger partial charge >= 0.3 is 0 Å². The third kappa shape index (κ3) is 3.42. The molecule has 0 spiro atoms. The number of nitrogens with one attached hydrogen (secondary N) is 1. The maximum absolute atomic E-state index is 12.7. The SMILES string of the molecule is O=C(Nc1ccc(Oc2ccccc2)cc1)c1cccc2ccccc12. The van der Waals surface area contributed by atoms with Crippen molar-refractivity contribution in [2.45, 2.75) is 0 Å². The molecule has 0 aliphatic carbocycles. The number of anilines is 1. The number of amides is 1. The maximum Gasteiger partial charge on any atom is 0.256 e. The lowest BCUT2D eigenvalue weighted by atomic mass is 10.0. The van der Waals surface area contributed by atoms with Gasteiger partial charge in [0.2, 0.25) is 0 Å². The first-order valence-electron chi connectivity index (χ1n) is 8.42. The fraction of sp³-hybridized carbons (Fsp3) is 0. The molecule has 3 nitrogen and oxygen atoms in total. The number of carbonyl (C=O) groups is 1. The molecule has 0 saturated carbocycles. The summed E-state index contributed by atoms with van der Waals surface area (Å²) in [6.45, 7) is 0. The number of hydrogen-bond acceptors (Lipinski definition) is 2. The first-order valence-corrected chi connectivity index (χ1v) is 8.42. The minimum Gasteiger partial charge on any atom is -0.457 e. The molecule has 4 rings (SSSR count). The van der Waals surface area contributed by atoms with Crippen LogP contribution in [0.5, 0.6) is 11.5 Å². The van der Waals surface area contributed by atoms with E-state index in [2.05, 4.69) is 5.32 Å². The van der Waals surface area contributed by atoms with Gasteiger partial charge in [-0.3, -0.25) is 4.79 Å². The van der Waals surface area contributed by atoms with Crippen molar-refractivity contribution in [2.75, 3.05) is 5.32 Å². The van der Waals surface area contributed by atoms with Crippen LogP contribution < -0.4 is 10.1 Å². The van der Waals surface area contributed by atoms with Crippen molar-refractivity contribution in [3.8, 4) is 11.5 Å². The van der Waals surface area contributed by atoms with E-state index >= 15 is 0 Å². The van der Waals surface area contributed by atoms with Gasteiger partial charge in [0.05, 0.1) is 0 Å². The van der Waals surface area contributed by atoms with Gasteiger partial charge in [0.1, 0.15) is 11.5 Å². The van der Waals surface area contributed by atoms with Gasteiger partial charge in [0, 0.05) is 11.3 Å². The van der Waals surface area contributed by atoms with E-state index in [0.29, 0.717) is 5.56 Å². The van der Waals surface area contributed by atoms with Crippen molar-refractivity contribution >= 4 is 22.4 Å². The minimum absolute atomic E-state index is 0.126. The van der Waals surface area contributed by atoms with Crippen molar-refractivity contribution < 1.29 is 9.53 Å². The Labute approximate surface area is 151 Å². The van der Waals surface area contributed by atoms with Crippen LogP contribution in [-0.4, -0.2) is 5.91 Å². The second-order valence-electron chi connectivity index (χ2n) is 5.92. The molecule has 0 bridgehead atoms. The highest BCUT2D eigenvalue weighted by Gasteiger charge is 2.10. The van der Waals surface area contributed by atoms with Crippen LogP contribution in [0.25, 0.3) is 10.8 Å². The number of ether oxygens (including phenoxy) is 1. The molecular weight excluding hydrogens is 322 g/mol. The van der Waals surface area contributed by atoms with E-state index in [4.69, 9.17) is 4.74 Å². The summed E-state index contributed by atoms with van der Waals surface area (Å²) < 4.78 is 5.77. The highest BCUT2D eigenvalue weighted by molar-refractivity contribution is 6.12. The van der Waals surface area contributed by atoms with Crippen LogP contribution in [0.4, 0.5) is 5.69 Å². The van der Waals surface area contributed by atoms with Gasteiger partial charge < -0.3 is 10.1 Å². The van der Waals surface area contributed by atoms with Gasteiger partial charge in [0.25, 0.3) is 5.91 Å². The Bertz CT molecular complexity index is 1040. The average Bonchev–Trinajstić information content (AvgIpc) is 2.70. The Morgan fingerprint density at radius 2 is 1.31 bits per heavy atom. The Hall–Kier alpha value is -3.59. The van der Waals surface area contributed by atoms with E-state index in [0.717, 1.165) is 28.0 Å². The van der Waals surface area contributed by atoms with Gasteiger partial charge in [-0.15, -0.1) is 0 Å². The summed E-state index contributed by atoms with van der Waals surface area (Å²) in [6, 6.07) is 30.5. The van der Waals surface area contributed by atoms with Crippen LogP contribution in [-0.2, 0) is 0 Å². The van der Waals surface area contributed by atoms with Crippen molar-refractivity contribution in [3.63, 3.8) is 0 Å². The van der Waals surface area contributed by atoms with Crippen molar-refractivity contribution in [3.05, 3.63) is 103 Å². The summed E-state index contributed by atoms with van der Waals surface area (Å²) in [4.78, 5) is 12.7. The third-order valence-corrected chi connectivity index (χ3v) is 4.13. The summed E-state index contributed by atoms with van der Waals surface area (Å²) in [5.74, 6) is 1.37. The molecule has 0 aliphatic heterocycles. The van der Waals surface area contributed by atoms with Crippen LogP contribution in [0.2, 0.25) is 0 Å². The zero-order valence-electron chi connectivity index (χ0n) is 14.1. The molecule has 0 atom stereocenters. The molecule has 0 fully saturated rings. The molecular formula is C23H17NO2. The van der Waals surface area contributed by atoms with Gasteiger partial charge in [-0.1, -0.05) is 54.6 Å². The number of hydrogen-bond donors (Lipinski definition) is 1. The second kappa shape index (κ2) is 7.11. The molecule has 0 aliphatic rings. The summed E-state index contributed by atoms with van der Waals surface area (Å²) >= 11 is 0. The van der Waals surface area contributed by atoms with Crippen LogP contribution in [0.1, 0.15) is 10.4 Å². The smallest absolute Gasteiger partial charge is 0.256 e. The number of benzene rings is 4. The van der Waals surface area contributed by atoms with Gasteiger partial charge in [-0.05, 0) is 53.2 Å². The van der Waals surface area contributed by atoms with Gasteiger partial charge in [-0.2, -0.15) is 0 Å². The normalized spacial score (nSPS) is 10.5. The topological polar surface area (TPSA) is 38.3 Å². The highest BCUT2D eigenvalue weighted by atomic mass is 16.5. The molecule has 0 saturated heterocycles. The largest absolute Gasteiger partial charge is 0.457 e. The molecule has 0 unspecified atom stereocenters. The molecule has 0 aromatic heterocycles. The summed E-state index contributed by atoms with van der Waals surface area (Å²) in [7, 11) is 0. The summed E-state index contributed by atoms with van der Waals surface area (Å²) in [5.41, 5.74) is 1.39. The Morgan fingerprint density at radius 3 is 2.12 bits per heavy atom. The molecule has 26 heavy (non-hydrogen) atoms. The fourth-order valence-electron chi connectivity index (χ4n) is 2.85. The molecule has 4 aromatic rings. The number of rotatable bonds is 4. The fourth-order valence-corrected chi connectivity index (χ4v) is 2.85. The first kappa shape index (κ1) is 15.9. The van der Waals surface area contributed by atoms with Gasteiger partial charge in [-0.25, -0.2) is 0 Å². The standard InChI is InChI=1S/C23H17NO2/c25-23(22-12-6-8-17-7-4-5-11-21(17)22)24-18-13-15-20(16-14-18)26-19-9-2-1-3-10-19/h1-16H,(H,24,25). The Kier molecular flexibility index (Phi) is 4.35. The van der Waals surface area contributed by atoms with E-state index in [9.17, 15) is 4.79 Å². The molecule has 126 valence electrons. The van der Waals surface area contributed by atoms with Crippen molar-refractivity contribution in [2.24, 2.45) is 0 Å². The van der Waals surface area contributed by atoms with Crippen LogP contribution in [0.15, 0.2) is 97.1 Å². The number of fused-ring (bicyclic) bond motifs is 1. The first-order chi connectivity index (χ1) is 12.8. The second-order valence-corrected chi connectivity index (χ2v) is 5.92. The molecule has 4 aromatic carbocycles.